The molecule has 0 unspecified atom stereocenters. The Morgan fingerprint density at radius 1 is 1.29 bits per heavy atom. The van der Waals surface area contributed by atoms with Gasteiger partial charge in [0.05, 0.1) is 25.4 Å². The first-order valence-corrected chi connectivity index (χ1v) is 6.91. The van der Waals surface area contributed by atoms with E-state index in [2.05, 4.69) is 5.32 Å². The van der Waals surface area contributed by atoms with Crippen LogP contribution in [0.15, 0.2) is 24.3 Å². The fraction of sp³-hybridized carbons (Fsp3) is 0.429. The van der Waals surface area contributed by atoms with Gasteiger partial charge in [0, 0.05) is 13.7 Å². The second-order valence-electron chi connectivity index (χ2n) is 4.10. The van der Waals surface area contributed by atoms with Crippen molar-refractivity contribution in [3.8, 4) is 5.75 Å². The number of ether oxygens (including phenoxy) is 3. The molecule has 116 valence electrons. The Kier molecular flexibility index (Phi) is 8.34. The molecule has 6 nitrogen and oxygen atoms in total. The van der Waals surface area contributed by atoms with Crippen LogP contribution in [0.5, 0.6) is 5.75 Å². The Labute approximate surface area is 129 Å². The van der Waals surface area contributed by atoms with Crippen LogP contribution in [0.2, 0.25) is 0 Å². The summed E-state index contributed by atoms with van der Waals surface area (Å²) < 4.78 is 15.5. The van der Waals surface area contributed by atoms with Gasteiger partial charge in [-0.05, 0) is 12.1 Å². The highest BCUT2D eigenvalue weighted by molar-refractivity contribution is 7.80. The molecule has 0 spiro atoms. The maximum absolute atomic E-state index is 11.6. The summed E-state index contributed by atoms with van der Waals surface area (Å²) in [6, 6.07) is 7.06. The molecule has 1 aromatic rings. The van der Waals surface area contributed by atoms with Gasteiger partial charge in [0.2, 0.25) is 0 Å². The third kappa shape index (κ3) is 7.03. The summed E-state index contributed by atoms with van der Waals surface area (Å²) in [5.74, 6) is 0.263. The predicted molar refractivity (Wildman–Crippen MR) is 83.5 cm³/mol. The van der Waals surface area contributed by atoms with Crippen LogP contribution in [0.3, 0.4) is 0 Å². The highest BCUT2D eigenvalue weighted by atomic mass is 32.1. The Bertz CT molecular complexity index is 468. The minimum Gasteiger partial charge on any atom is -0.483 e. The van der Waals surface area contributed by atoms with E-state index in [1.54, 1.807) is 31.4 Å². The maximum atomic E-state index is 11.6. The average molecular weight is 312 g/mol. The summed E-state index contributed by atoms with van der Waals surface area (Å²) in [6.45, 7) is 1.79. The first-order valence-electron chi connectivity index (χ1n) is 6.50. The van der Waals surface area contributed by atoms with E-state index in [9.17, 15) is 4.79 Å². The molecule has 0 radical (unpaired) electrons. The average Bonchev–Trinajstić information content (AvgIpc) is 2.49. The number of methoxy groups -OCH3 is 1. The van der Waals surface area contributed by atoms with E-state index in [0.717, 1.165) is 0 Å². The largest absolute Gasteiger partial charge is 0.483 e. The van der Waals surface area contributed by atoms with Crippen molar-refractivity contribution in [2.24, 2.45) is 5.73 Å². The van der Waals surface area contributed by atoms with Gasteiger partial charge in [-0.25, -0.2) is 0 Å². The van der Waals surface area contributed by atoms with E-state index in [-0.39, 0.29) is 17.5 Å². The van der Waals surface area contributed by atoms with Crippen molar-refractivity contribution in [3.05, 3.63) is 29.8 Å². The van der Waals surface area contributed by atoms with Gasteiger partial charge in [-0.15, -0.1) is 0 Å². The number of nitrogens with one attached hydrogen (secondary N) is 1. The number of hydrogen-bond donors (Lipinski definition) is 2. The maximum Gasteiger partial charge on any atom is 0.258 e. The first kappa shape index (κ1) is 17.4. The van der Waals surface area contributed by atoms with Gasteiger partial charge in [0.25, 0.3) is 5.91 Å². The molecule has 0 aliphatic heterocycles. The zero-order chi connectivity index (χ0) is 15.5. The van der Waals surface area contributed by atoms with E-state index >= 15 is 0 Å². The van der Waals surface area contributed by atoms with Gasteiger partial charge < -0.3 is 25.3 Å². The molecule has 1 rings (SSSR count). The summed E-state index contributed by atoms with van der Waals surface area (Å²) in [5.41, 5.74) is 6.20. The number of hydrogen-bond acceptors (Lipinski definition) is 5. The quantitative estimate of drug-likeness (QED) is 0.483. The molecule has 0 saturated heterocycles. The van der Waals surface area contributed by atoms with E-state index in [0.29, 0.717) is 37.7 Å². The van der Waals surface area contributed by atoms with Gasteiger partial charge in [-0.2, -0.15) is 0 Å². The topological polar surface area (TPSA) is 82.8 Å². The zero-order valence-corrected chi connectivity index (χ0v) is 12.8. The standard InChI is InChI=1S/C14H20N2O4S/c1-18-8-9-19-7-6-16-13(17)10-20-12-5-3-2-4-11(12)14(15)21/h2-5H,6-10H2,1H3,(H2,15,21)(H,16,17). The fourth-order valence-electron chi connectivity index (χ4n) is 1.50. The lowest BCUT2D eigenvalue weighted by Gasteiger charge is -2.10. The molecule has 1 amide bonds. The summed E-state index contributed by atoms with van der Waals surface area (Å²) >= 11 is 4.92. The van der Waals surface area contributed by atoms with Crippen molar-refractivity contribution in [2.75, 3.05) is 40.1 Å². The number of thiocarbonyl (C=S) groups is 1. The number of carbonyl (C=O) groups excluding carboxylic acids is 1. The molecule has 0 heterocycles. The van der Waals surface area contributed by atoms with Crippen molar-refractivity contribution in [1.82, 2.24) is 5.32 Å². The van der Waals surface area contributed by atoms with E-state index in [1.807, 2.05) is 0 Å². The van der Waals surface area contributed by atoms with E-state index < -0.39 is 0 Å². The molecule has 0 atom stereocenters. The van der Waals surface area contributed by atoms with Crippen LogP contribution in [0.1, 0.15) is 5.56 Å². The number of para-hydroxylation sites is 1. The molecule has 1 aromatic carbocycles. The van der Waals surface area contributed by atoms with Crippen LogP contribution >= 0.6 is 12.2 Å². The van der Waals surface area contributed by atoms with Crippen molar-refractivity contribution < 1.29 is 19.0 Å². The molecule has 0 aliphatic carbocycles. The van der Waals surface area contributed by atoms with E-state index in [4.69, 9.17) is 32.2 Å². The molecule has 3 N–H and O–H groups in total. The van der Waals surface area contributed by atoms with Crippen LogP contribution < -0.4 is 15.8 Å². The number of benzene rings is 1. The van der Waals surface area contributed by atoms with Gasteiger partial charge in [0.1, 0.15) is 10.7 Å². The van der Waals surface area contributed by atoms with Crippen LogP contribution in [0.25, 0.3) is 0 Å². The summed E-state index contributed by atoms with van der Waals surface area (Å²) in [6.07, 6.45) is 0. The van der Waals surface area contributed by atoms with Crippen molar-refractivity contribution in [2.45, 2.75) is 0 Å². The Hall–Kier alpha value is -1.70. The Balaban J connectivity index is 2.26. The molecule has 0 saturated carbocycles. The molecule has 7 heteroatoms. The lowest BCUT2D eigenvalue weighted by molar-refractivity contribution is -0.123. The SMILES string of the molecule is COCCOCCNC(=O)COc1ccccc1C(N)=S. The Morgan fingerprint density at radius 2 is 2.05 bits per heavy atom. The molecule has 21 heavy (non-hydrogen) atoms. The molecule has 0 aromatic heterocycles. The second kappa shape index (κ2) is 10.1. The highest BCUT2D eigenvalue weighted by Gasteiger charge is 2.07. The van der Waals surface area contributed by atoms with Crippen molar-refractivity contribution >= 4 is 23.1 Å². The van der Waals surface area contributed by atoms with Gasteiger partial charge in [-0.1, -0.05) is 24.4 Å². The highest BCUT2D eigenvalue weighted by Crippen LogP contribution is 2.17. The first-order chi connectivity index (χ1) is 10.1. The molecular weight excluding hydrogens is 292 g/mol. The van der Waals surface area contributed by atoms with Gasteiger partial charge in [-0.3, -0.25) is 4.79 Å². The number of amides is 1. The van der Waals surface area contributed by atoms with Gasteiger partial charge in [0.15, 0.2) is 6.61 Å². The molecular formula is C14H20N2O4S. The fourth-order valence-corrected chi connectivity index (χ4v) is 1.67. The minimum absolute atomic E-state index is 0.0995. The lowest BCUT2D eigenvalue weighted by atomic mass is 10.2. The smallest absolute Gasteiger partial charge is 0.258 e. The number of nitrogens with two attached hydrogens (primary N) is 1. The van der Waals surface area contributed by atoms with Crippen LogP contribution in [0.4, 0.5) is 0 Å². The van der Waals surface area contributed by atoms with Crippen LogP contribution in [-0.2, 0) is 14.3 Å². The second-order valence-corrected chi connectivity index (χ2v) is 4.54. The molecule has 0 bridgehead atoms. The normalized spacial score (nSPS) is 10.1. The van der Waals surface area contributed by atoms with Crippen LogP contribution in [0, 0.1) is 0 Å². The monoisotopic (exact) mass is 312 g/mol. The molecule has 0 aliphatic rings. The number of carbonyl (C=O) groups is 1. The Morgan fingerprint density at radius 3 is 2.76 bits per heavy atom. The van der Waals surface area contributed by atoms with Crippen molar-refractivity contribution in [3.63, 3.8) is 0 Å². The number of rotatable bonds is 10. The zero-order valence-electron chi connectivity index (χ0n) is 12.0. The predicted octanol–water partition coefficient (Wildman–Crippen LogP) is 0.479. The third-order valence-electron chi connectivity index (χ3n) is 2.51. The molecule has 0 fully saturated rings. The van der Waals surface area contributed by atoms with Crippen molar-refractivity contribution in [1.29, 1.82) is 0 Å². The van der Waals surface area contributed by atoms with E-state index in [1.165, 1.54) is 0 Å². The van der Waals surface area contributed by atoms with Gasteiger partial charge >= 0.3 is 0 Å². The summed E-state index contributed by atoms with van der Waals surface area (Å²) in [4.78, 5) is 11.8. The van der Waals surface area contributed by atoms with Crippen LogP contribution in [-0.4, -0.2) is 51.0 Å². The summed E-state index contributed by atoms with van der Waals surface area (Å²) in [5, 5.41) is 2.68. The third-order valence-corrected chi connectivity index (χ3v) is 2.73. The lowest BCUT2D eigenvalue weighted by Crippen LogP contribution is -2.32. The minimum atomic E-state index is -0.233. The summed E-state index contributed by atoms with van der Waals surface area (Å²) in [7, 11) is 1.60.